The molecule has 0 spiro atoms. The van der Waals surface area contributed by atoms with E-state index in [9.17, 15) is 19.7 Å². The van der Waals surface area contributed by atoms with Gasteiger partial charge >= 0.3 is 5.97 Å². The fourth-order valence-electron chi connectivity index (χ4n) is 2.94. The van der Waals surface area contributed by atoms with Crippen molar-refractivity contribution in [3.05, 3.63) is 69.8 Å². The van der Waals surface area contributed by atoms with Gasteiger partial charge in [-0.2, -0.15) is 5.10 Å². The molecule has 9 nitrogen and oxygen atoms in total. The van der Waals surface area contributed by atoms with Crippen molar-refractivity contribution >= 4 is 29.0 Å². The van der Waals surface area contributed by atoms with Crippen LogP contribution >= 0.6 is 0 Å². The molecular weight excluding hydrogens is 376 g/mol. The van der Waals surface area contributed by atoms with Gasteiger partial charge in [-0.05, 0) is 11.6 Å². The first-order chi connectivity index (χ1) is 13.9. The molecule has 0 aliphatic carbocycles. The van der Waals surface area contributed by atoms with Gasteiger partial charge in [0.15, 0.2) is 6.61 Å². The molecule has 1 amide bonds. The second kappa shape index (κ2) is 8.51. The fourth-order valence-corrected chi connectivity index (χ4v) is 2.94. The van der Waals surface area contributed by atoms with E-state index in [4.69, 9.17) is 4.74 Å². The zero-order valence-corrected chi connectivity index (χ0v) is 16.1. The van der Waals surface area contributed by atoms with Crippen LogP contribution in [0.5, 0.6) is 0 Å². The highest BCUT2D eigenvalue weighted by Crippen LogP contribution is 2.25. The molecule has 0 atom stereocenters. The smallest absolute Gasteiger partial charge is 0.341 e. The molecule has 0 bridgehead atoms. The maximum absolute atomic E-state index is 12.5. The van der Waals surface area contributed by atoms with Crippen LogP contribution in [0.4, 0.5) is 11.4 Å². The summed E-state index contributed by atoms with van der Waals surface area (Å²) in [4.78, 5) is 36.9. The number of benzene rings is 2. The molecule has 29 heavy (non-hydrogen) atoms. The van der Waals surface area contributed by atoms with Crippen molar-refractivity contribution in [3.8, 4) is 0 Å². The fraction of sp³-hybridized carbons (Fsp3) is 0.250. The van der Waals surface area contributed by atoms with Crippen molar-refractivity contribution < 1.29 is 19.2 Å². The van der Waals surface area contributed by atoms with Gasteiger partial charge in [0.2, 0.25) is 0 Å². The molecule has 0 fully saturated rings. The van der Waals surface area contributed by atoms with Crippen molar-refractivity contribution in [2.24, 2.45) is 5.10 Å². The first-order valence-electron chi connectivity index (χ1n) is 8.93. The lowest BCUT2D eigenvalue weighted by Crippen LogP contribution is -2.29. The Morgan fingerprint density at radius 3 is 2.59 bits per heavy atom. The Hall–Kier alpha value is -3.75. The zero-order valence-electron chi connectivity index (χ0n) is 16.1. The van der Waals surface area contributed by atoms with E-state index in [0.717, 1.165) is 17.3 Å². The second-order valence-electron chi connectivity index (χ2n) is 6.61. The van der Waals surface area contributed by atoms with Gasteiger partial charge in [-0.3, -0.25) is 14.9 Å². The van der Waals surface area contributed by atoms with Gasteiger partial charge in [0.1, 0.15) is 0 Å². The highest BCUT2D eigenvalue weighted by molar-refractivity contribution is 6.03. The molecule has 1 aliphatic rings. The predicted octanol–water partition coefficient (Wildman–Crippen LogP) is 2.45. The summed E-state index contributed by atoms with van der Waals surface area (Å²) in [5.41, 5.74) is 1.97. The minimum atomic E-state index is -0.808. The summed E-state index contributed by atoms with van der Waals surface area (Å²) in [6, 6.07) is 13.4. The summed E-state index contributed by atoms with van der Waals surface area (Å²) in [6.45, 7) is -0.0969. The lowest BCUT2D eigenvalue weighted by atomic mass is 10.1. The monoisotopic (exact) mass is 396 g/mol. The molecule has 0 aromatic heterocycles. The summed E-state index contributed by atoms with van der Waals surface area (Å²) in [7, 11) is 3.40. The summed E-state index contributed by atoms with van der Waals surface area (Å²) in [5.74, 6) is -1.27. The Morgan fingerprint density at radius 2 is 1.93 bits per heavy atom. The number of anilines is 1. The number of nitro groups is 1. The van der Waals surface area contributed by atoms with Crippen molar-refractivity contribution in [1.82, 2.24) is 5.01 Å². The molecule has 9 heteroatoms. The number of nitrogens with zero attached hydrogens (tertiary/aromatic N) is 4. The molecule has 0 saturated heterocycles. The first-order valence-corrected chi connectivity index (χ1v) is 8.93. The standard InChI is InChI=1S/C20H20N4O5/c1-22(2)18-9-8-15(24(27)28)12-16(18)20(26)29-13-19(25)23-11-10-17(21-23)14-6-4-3-5-7-14/h3-9,12H,10-11,13H2,1-2H3. The molecule has 150 valence electrons. The van der Waals surface area contributed by atoms with Crippen molar-refractivity contribution in [1.29, 1.82) is 0 Å². The molecular formula is C20H20N4O5. The number of carbonyl (C=O) groups excluding carboxylic acids is 2. The average molecular weight is 396 g/mol. The van der Waals surface area contributed by atoms with Crippen LogP contribution in [0.1, 0.15) is 22.3 Å². The van der Waals surface area contributed by atoms with Gasteiger partial charge in [-0.15, -0.1) is 0 Å². The molecule has 1 aliphatic heterocycles. The Bertz CT molecular complexity index is 972. The van der Waals surface area contributed by atoms with Crippen LogP contribution in [0.3, 0.4) is 0 Å². The van der Waals surface area contributed by atoms with Crippen LogP contribution in [0, 0.1) is 10.1 Å². The average Bonchev–Trinajstić information content (AvgIpc) is 3.22. The Kier molecular flexibility index (Phi) is 5.87. The minimum Gasteiger partial charge on any atom is -0.452 e. The van der Waals surface area contributed by atoms with Gasteiger partial charge in [0.05, 0.1) is 28.4 Å². The van der Waals surface area contributed by atoms with Crippen LogP contribution in [0.15, 0.2) is 53.6 Å². The van der Waals surface area contributed by atoms with Crippen molar-refractivity contribution in [3.63, 3.8) is 0 Å². The third-order valence-electron chi connectivity index (χ3n) is 4.42. The number of ether oxygens (including phenoxy) is 1. The number of nitro benzene ring substituents is 1. The van der Waals surface area contributed by atoms with E-state index in [-0.39, 0.29) is 11.3 Å². The molecule has 2 aromatic rings. The van der Waals surface area contributed by atoms with Crippen LogP contribution in [0.25, 0.3) is 0 Å². The number of rotatable bonds is 6. The van der Waals surface area contributed by atoms with E-state index in [0.29, 0.717) is 18.7 Å². The summed E-state index contributed by atoms with van der Waals surface area (Å²) in [6.07, 6.45) is 0.610. The molecule has 2 aromatic carbocycles. The summed E-state index contributed by atoms with van der Waals surface area (Å²) in [5, 5.41) is 16.6. The number of amides is 1. The second-order valence-corrected chi connectivity index (χ2v) is 6.61. The van der Waals surface area contributed by atoms with Crippen LogP contribution in [-0.4, -0.2) is 54.8 Å². The van der Waals surface area contributed by atoms with Gasteiger partial charge < -0.3 is 9.64 Å². The summed E-state index contributed by atoms with van der Waals surface area (Å²) >= 11 is 0. The zero-order chi connectivity index (χ0) is 21.0. The summed E-state index contributed by atoms with van der Waals surface area (Å²) < 4.78 is 5.12. The largest absolute Gasteiger partial charge is 0.452 e. The lowest BCUT2D eigenvalue weighted by Gasteiger charge is -2.17. The van der Waals surface area contributed by atoms with Gasteiger partial charge in [-0.1, -0.05) is 30.3 Å². The number of hydrogen-bond donors (Lipinski definition) is 0. The molecule has 1 heterocycles. The Morgan fingerprint density at radius 1 is 1.21 bits per heavy atom. The number of carbonyl (C=O) groups is 2. The number of non-ortho nitro benzene ring substituents is 1. The maximum atomic E-state index is 12.5. The SMILES string of the molecule is CN(C)c1ccc([N+](=O)[O-])cc1C(=O)OCC(=O)N1CCC(c2ccccc2)=N1. The first kappa shape index (κ1) is 20.0. The Labute approximate surface area is 167 Å². The van der Waals surface area contributed by atoms with E-state index in [1.54, 1.807) is 19.0 Å². The molecule has 0 saturated carbocycles. The van der Waals surface area contributed by atoms with Crippen LogP contribution in [0.2, 0.25) is 0 Å². The van der Waals surface area contributed by atoms with Crippen molar-refractivity contribution in [2.75, 3.05) is 32.1 Å². The highest BCUT2D eigenvalue weighted by atomic mass is 16.6. The van der Waals surface area contributed by atoms with Gasteiger partial charge in [0, 0.05) is 32.6 Å². The topological polar surface area (TPSA) is 105 Å². The predicted molar refractivity (Wildman–Crippen MR) is 107 cm³/mol. The maximum Gasteiger partial charge on any atom is 0.341 e. The van der Waals surface area contributed by atoms with Crippen LogP contribution in [-0.2, 0) is 9.53 Å². The van der Waals surface area contributed by atoms with E-state index in [1.165, 1.54) is 17.1 Å². The minimum absolute atomic E-state index is 0.0203. The van der Waals surface area contributed by atoms with E-state index in [1.807, 2.05) is 30.3 Å². The van der Waals surface area contributed by atoms with Gasteiger partial charge in [0.25, 0.3) is 11.6 Å². The van der Waals surface area contributed by atoms with Crippen molar-refractivity contribution in [2.45, 2.75) is 6.42 Å². The molecule has 0 N–H and O–H groups in total. The number of hydrogen-bond acceptors (Lipinski definition) is 7. The molecule has 0 radical (unpaired) electrons. The van der Waals surface area contributed by atoms with E-state index < -0.39 is 23.4 Å². The highest BCUT2D eigenvalue weighted by Gasteiger charge is 2.24. The Balaban J connectivity index is 1.68. The van der Waals surface area contributed by atoms with Gasteiger partial charge in [-0.25, -0.2) is 9.80 Å². The van der Waals surface area contributed by atoms with E-state index in [2.05, 4.69) is 5.10 Å². The van der Waals surface area contributed by atoms with E-state index >= 15 is 0 Å². The molecule has 3 rings (SSSR count). The molecule has 0 unspecified atom stereocenters. The van der Waals surface area contributed by atoms with Crippen LogP contribution < -0.4 is 4.90 Å². The third-order valence-corrected chi connectivity index (χ3v) is 4.42. The third kappa shape index (κ3) is 4.57. The quantitative estimate of drug-likeness (QED) is 0.422. The lowest BCUT2D eigenvalue weighted by molar-refractivity contribution is -0.384. The normalized spacial score (nSPS) is 13.0. The number of esters is 1. The number of hydrazone groups is 1.